The van der Waals surface area contributed by atoms with Gasteiger partial charge in [0.1, 0.15) is 11.1 Å². The van der Waals surface area contributed by atoms with E-state index in [1.807, 2.05) is 54.1 Å². The molecule has 8 heteroatoms. The maximum atomic E-state index is 12.4. The van der Waals surface area contributed by atoms with Gasteiger partial charge in [-0.05, 0) is 45.6 Å². The number of carbonyl (C=O) groups is 1. The third kappa shape index (κ3) is 5.59. The minimum Gasteiger partial charge on any atom is -0.444 e. The van der Waals surface area contributed by atoms with E-state index in [1.165, 1.54) is 5.57 Å². The highest BCUT2D eigenvalue weighted by Gasteiger charge is 2.27. The van der Waals surface area contributed by atoms with Crippen molar-refractivity contribution < 1.29 is 14.3 Å². The van der Waals surface area contributed by atoms with Crippen molar-refractivity contribution in [2.45, 2.75) is 65.5 Å². The molecule has 32 heavy (non-hydrogen) atoms. The lowest BCUT2D eigenvalue weighted by atomic mass is 9.93. The van der Waals surface area contributed by atoms with Crippen LogP contribution in [0.2, 0.25) is 0 Å². The van der Waals surface area contributed by atoms with E-state index in [9.17, 15) is 4.79 Å². The molecule has 3 heterocycles. The molecule has 0 aromatic carbocycles. The van der Waals surface area contributed by atoms with Gasteiger partial charge in [0, 0.05) is 32.4 Å². The molecule has 2 aliphatic rings. The molecule has 1 N–H and O–H groups in total. The number of carbonyl (C=O) groups excluding carboxylic acids is 1. The van der Waals surface area contributed by atoms with Gasteiger partial charge in [0.25, 0.3) is 0 Å². The first-order chi connectivity index (χ1) is 15.3. The monoisotopic (exact) mass is 443 g/mol. The number of amides is 1. The molecule has 0 bridgehead atoms. The molecule has 2 aromatic heterocycles. The number of nitrogens with one attached hydrogen (secondary N) is 1. The zero-order valence-electron chi connectivity index (χ0n) is 20.3. The van der Waals surface area contributed by atoms with Crippen molar-refractivity contribution in [2.24, 2.45) is 0 Å². The van der Waals surface area contributed by atoms with Crippen LogP contribution < -0.4 is 4.90 Å². The van der Waals surface area contributed by atoms with Crippen LogP contribution >= 0.6 is 0 Å². The quantitative estimate of drug-likeness (QED) is 0.745. The molecule has 8 nitrogen and oxygen atoms in total. The fourth-order valence-corrected chi connectivity index (χ4v) is 3.97. The average Bonchev–Trinajstić information content (AvgIpc) is 3.23. The van der Waals surface area contributed by atoms with Crippen molar-refractivity contribution in [1.82, 2.24) is 19.9 Å². The minimum atomic E-state index is -0.485. The van der Waals surface area contributed by atoms with E-state index in [1.54, 1.807) is 4.90 Å². The van der Waals surface area contributed by atoms with Crippen molar-refractivity contribution in [1.29, 1.82) is 0 Å². The van der Waals surface area contributed by atoms with Gasteiger partial charge in [0.05, 0.1) is 30.8 Å². The number of aromatic amines is 1. The average molecular weight is 444 g/mol. The van der Waals surface area contributed by atoms with E-state index >= 15 is 0 Å². The maximum Gasteiger partial charge on any atom is 0.410 e. The topological polar surface area (TPSA) is 83.6 Å². The summed E-state index contributed by atoms with van der Waals surface area (Å²) in [6.07, 6.45) is 8.26. The van der Waals surface area contributed by atoms with Gasteiger partial charge < -0.3 is 24.3 Å². The van der Waals surface area contributed by atoms with Gasteiger partial charge in [0.2, 0.25) is 0 Å². The second-order valence-electron chi connectivity index (χ2n) is 8.97. The van der Waals surface area contributed by atoms with Crippen LogP contribution in [0.4, 0.5) is 10.5 Å². The normalized spacial score (nSPS) is 19.1. The summed E-state index contributed by atoms with van der Waals surface area (Å²) in [5.74, 6) is 0. The molecule has 1 saturated heterocycles. The Labute approximate surface area is 191 Å². The first-order valence-electron chi connectivity index (χ1n) is 11.6. The number of hydrogen-bond donors (Lipinski definition) is 1. The standard InChI is InChI=1S/C22H31N5O3.C2H6/c1-22(2,3)30-21(28)26(4)16-7-5-15(6-8-16)17-13-23-20-19(25-17)18(14-24-20)27-9-11-29-12-10-27;1-2/h5,13-14,16H,6-12H2,1-4H3,(H,23,24);1-2H3. The SMILES string of the molecule is CC.CN(C(=O)OC(C)(C)C)C1CC=C(c2cnc3[nH]cc(N4CCOCC4)c3n2)CC1. The van der Waals surface area contributed by atoms with Crippen LogP contribution in [0.25, 0.3) is 16.7 Å². The van der Waals surface area contributed by atoms with Crippen molar-refractivity contribution in [3.05, 3.63) is 24.2 Å². The molecule has 4 rings (SSSR count). The second kappa shape index (κ2) is 10.3. The third-order valence-electron chi connectivity index (χ3n) is 5.65. The largest absolute Gasteiger partial charge is 0.444 e. The summed E-state index contributed by atoms with van der Waals surface area (Å²) in [4.78, 5) is 29.1. The Morgan fingerprint density at radius 1 is 1.28 bits per heavy atom. The molecule has 2 aromatic rings. The predicted molar refractivity (Wildman–Crippen MR) is 128 cm³/mol. The zero-order valence-corrected chi connectivity index (χ0v) is 20.3. The number of fused-ring (bicyclic) bond motifs is 1. The Bertz CT molecular complexity index is 941. The lowest BCUT2D eigenvalue weighted by molar-refractivity contribution is 0.0215. The minimum absolute atomic E-state index is 0.136. The number of aromatic nitrogens is 3. The number of ether oxygens (including phenoxy) is 2. The lowest BCUT2D eigenvalue weighted by Crippen LogP contribution is -2.41. The summed E-state index contributed by atoms with van der Waals surface area (Å²) < 4.78 is 11.0. The summed E-state index contributed by atoms with van der Waals surface area (Å²) >= 11 is 0. The van der Waals surface area contributed by atoms with E-state index in [2.05, 4.69) is 20.9 Å². The number of anilines is 1. The summed E-state index contributed by atoms with van der Waals surface area (Å²) in [6, 6.07) is 0.136. The van der Waals surface area contributed by atoms with Crippen LogP contribution in [-0.2, 0) is 9.47 Å². The summed E-state index contributed by atoms with van der Waals surface area (Å²) in [5, 5.41) is 0. The Morgan fingerprint density at radius 3 is 2.62 bits per heavy atom. The van der Waals surface area contributed by atoms with E-state index in [0.717, 1.165) is 68.1 Å². The van der Waals surface area contributed by atoms with E-state index in [-0.39, 0.29) is 12.1 Å². The number of H-pyrrole nitrogens is 1. The Hall–Kier alpha value is -2.61. The number of allylic oxidation sites excluding steroid dienone is 1. The highest BCUT2D eigenvalue weighted by Crippen LogP contribution is 2.31. The highest BCUT2D eigenvalue weighted by molar-refractivity contribution is 5.88. The molecule has 1 unspecified atom stereocenters. The molecular formula is C24H37N5O3. The third-order valence-corrected chi connectivity index (χ3v) is 5.65. The van der Waals surface area contributed by atoms with Gasteiger partial charge >= 0.3 is 6.09 Å². The van der Waals surface area contributed by atoms with Crippen LogP contribution in [0, 0.1) is 0 Å². The molecule has 1 aliphatic carbocycles. The summed E-state index contributed by atoms with van der Waals surface area (Å²) in [7, 11) is 1.82. The fraction of sp³-hybridized carbons (Fsp3) is 0.625. The van der Waals surface area contributed by atoms with Gasteiger partial charge in [-0.2, -0.15) is 0 Å². The van der Waals surface area contributed by atoms with Crippen molar-refractivity contribution >= 4 is 28.5 Å². The molecule has 0 radical (unpaired) electrons. The molecule has 176 valence electrons. The van der Waals surface area contributed by atoms with Crippen LogP contribution in [0.3, 0.4) is 0 Å². The van der Waals surface area contributed by atoms with Crippen LogP contribution in [-0.4, -0.2) is 70.9 Å². The number of rotatable bonds is 3. The molecule has 1 amide bonds. The van der Waals surface area contributed by atoms with Crippen molar-refractivity contribution in [3.8, 4) is 0 Å². The molecule has 1 aliphatic heterocycles. The summed E-state index contributed by atoms with van der Waals surface area (Å²) in [5.41, 5.74) is 4.41. The van der Waals surface area contributed by atoms with E-state index < -0.39 is 5.60 Å². The number of hydrogen-bond acceptors (Lipinski definition) is 6. The summed E-state index contributed by atoms with van der Waals surface area (Å²) in [6.45, 7) is 12.9. The first kappa shape index (κ1) is 24.0. The number of morpholine rings is 1. The van der Waals surface area contributed by atoms with Crippen LogP contribution in [0.1, 0.15) is 59.6 Å². The Kier molecular flexibility index (Phi) is 7.77. The van der Waals surface area contributed by atoms with Crippen molar-refractivity contribution in [2.75, 3.05) is 38.3 Å². The van der Waals surface area contributed by atoms with Crippen molar-refractivity contribution in [3.63, 3.8) is 0 Å². The second-order valence-corrected chi connectivity index (χ2v) is 8.97. The zero-order chi connectivity index (χ0) is 23.3. The van der Waals surface area contributed by atoms with Crippen LogP contribution in [0.15, 0.2) is 18.5 Å². The van der Waals surface area contributed by atoms with Gasteiger partial charge in [-0.3, -0.25) is 0 Å². The van der Waals surface area contributed by atoms with Crippen LogP contribution in [0.5, 0.6) is 0 Å². The van der Waals surface area contributed by atoms with Gasteiger partial charge in [-0.15, -0.1) is 0 Å². The predicted octanol–water partition coefficient (Wildman–Crippen LogP) is 4.62. The Morgan fingerprint density at radius 2 is 2.00 bits per heavy atom. The fourth-order valence-electron chi connectivity index (χ4n) is 3.97. The van der Waals surface area contributed by atoms with Gasteiger partial charge in [-0.25, -0.2) is 14.8 Å². The van der Waals surface area contributed by atoms with Gasteiger partial charge in [-0.1, -0.05) is 19.9 Å². The highest BCUT2D eigenvalue weighted by atomic mass is 16.6. The molecule has 1 atom stereocenters. The molecular weight excluding hydrogens is 406 g/mol. The lowest BCUT2D eigenvalue weighted by Gasteiger charge is -2.32. The van der Waals surface area contributed by atoms with E-state index in [0.29, 0.717) is 0 Å². The van der Waals surface area contributed by atoms with Gasteiger partial charge in [0.15, 0.2) is 5.65 Å². The molecule has 0 saturated carbocycles. The first-order valence-corrected chi connectivity index (χ1v) is 11.6. The number of nitrogens with zero attached hydrogens (tertiary/aromatic N) is 4. The maximum absolute atomic E-state index is 12.4. The smallest absolute Gasteiger partial charge is 0.410 e. The van der Waals surface area contributed by atoms with E-state index in [4.69, 9.17) is 14.5 Å². The molecule has 0 spiro atoms. The Balaban J connectivity index is 0.00000141. The molecule has 1 fully saturated rings.